The van der Waals surface area contributed by atoms with Crippen LogP contribution in [0.25, 0.3) is 0 Å². The van der Waals surface area contributed by atoms with Crippen molar-refractivity contribution in [3.05, 3.63) is 17.0 Å². The van der Waals surface area contributed by atoms with Crippen LogP contribution in [0.5, 0.6) is 0 Å². The maximum absolute atomic E-state index is 6.13. The summed E-state index contributed by atoms with van der Waals surface area (Å²) < 4.78 is 0.422. The average molecular weight is 272 g/mol. The first-order valence-electron chi connectivity index (χ1n) is 5.87. The molecule has 0 bridgehead atoms. The zero-order valence-corrected chi connectivity index (χ0v) is 12.0. The highest BCUT2D eigenvalue weighted by atomic mass is 35.5. The molecule has 5 heteroatoms. The predicted octanol–water partition coefficient (Wildman–Crippen LogP) is 3.56. The van der Waals surface area contributed by atoms with Crippen molar-refractivity contribution < 1.29 is 0 Å². The Kier molecular flexibility index (Phi) is 3.83. The van der Waals surface area contributed by atoms with Gasteiger partial charge in [-0.3, -0.25) is 0 Å². The Morgan fingerprint density at radius 1 is 1.47 bits per heavy atom. The van der Waals surface area contributed by atoms with E-state index < -0.39 is 0 Å². The van der Waals surface area contributed by atoms with Gasteiger partial charge in [0, 0.05) is 16.9 Å². The van der Waals surface area contributed by atoms with Gasteiger partial charge in [-0.25, -0.2) is 9.97 Å². The molecule has 1 aliphatic rings. The standard InChI is InChI=1S/C12H18ClN3S/c1-8(2)9-10(13)15-7-16-11(9)14-6-12(17-3)4-5-12/h7-8H,4-6H2,1-3H3,(H,14,15,16). The van der Waals surface area contributed by atoms with Crippen LogP contribution in [-0.4, -0.2) is 27.5 Å². The highest BCUT2D eigenvalue weighted by Crippen LogP contribution is 2.47. The Labute approximate surface area is 112 Å². The Morgan fingerprint density at radius 2 is 2.18 bits per heavy atom. The van der Waals surface area contributed by atoms with Crippen LogP contribution in [0.2, 0.25) is 5.15 Å². The number of hydrogen-bond acceptors (Lipinski definition) is 4. The highest BCUT2D eigenvalue weighted by molar-refractivity contribution is 8.00. The van der Waals surface area contributed by atoms with Crippen LogP contribution in [0.15, 0.2) is 6.33 Å². The number of halogens is 1. The van der Waals surface area contributed by atoms with Gasteiger partial charge < -0.3 is 5.32 Å². The summed E-state index contributed by atoms with van der Waals surface area (Å²) >= 11 is 8.06. The van der Waals surface area contributed by atoms with Crippen LogP contribution in [0.3, 0.4) is 0 Å². The van der Waals surface area contributed by atoms with Crippen molar-refractivity contribution in [3.63, 3.8) is 0 Å². The summed E-state index contributed by atoms with van der Waals surface area (Å²) in [6.45, 7) is 5.18. The van der Waals surface area contributed by atoms with Gasteiger partial charge in [-0.05, 0) is 25.0 Å². The van der Waals surface area contributed by atoms with Crippen LogP contribution in [-0.2, 0) is 0 Å². The molecule has 1 saturated carbocycles. The molecular weight excluding hydrogens is 254 g/mol. The first-order chi connectivity index (χ1) is 8.08. The summed E-state index contributed by atoms with van der Waals surface area (Å²) in [6, 6.07) is 0. The van der Waals surface area contributed by atoms with Crippen LogP contribution in [0, 0.1) is 0 Å². The van der Waals surface area contributed by atoms with E-state index in [1.54, 1.807) is 0 Å². The summed E-state index contributed by atoms with van der Waals surface area (Å²) in [5.41, 5.74) is 1.02. The van der Waals surface area contributed by atoms with E-state index in [0.29, 0.717) is 15.8 Å². The van der Waals surface area contributed by atoms with Gasteiger partial charge in [0.2, 0.25) is 0 Å². The van der Waals surface area contributed by atoms with Crippen LogP contribution < -0.4 is 5.32 Å². The van der Waals surface area contributed by atoms with Gasteiger partial charge in [0.1, 0.15) is 17.3 Å². The number of nitrogens with one attached hydrogen (secondary N) is 1. The summed E-state index contributed by atoms with van der Waals surface area (Å²) in [4.78, 5) is 8.36. The summed E-state index contributed by atoms with van der Waals surface area (Å²) in [7, 11) is 0. The Balaban J connectivity index is 2.12. The van der Waals surface area contributed by atoms with Crippen LogP contribution >= 0.6 is 23.4 Å². The first kappa shape index (κ1) is 13.0. The lowest BCUT2D eigenvalue weighted by Gasteiger charge is -2.17. The zero-order valence-electron chi connectivity index (χ0n) is 10.5. The Morgan fingerprint density at radius 3 is 2.71 bits per heavy atom. The molecule has 94 valence electrons. The number of aromatic nitrogens is 2. The zero-order chi connectivity index (χ0) is 12.5. The van der Waals surface area contributed by atoms with E-state index in [9.17, 15) is 0 Å². The second-order valence-electron chi connectivity index (χ2n) is 4.82. The third-order valence-electron chi connectivity index (χ3n) is 3.23. The second kappa shape index (κ2) is 5.02. The predicted molar refractivity (Wildman–Crippen MR) is 75.1 cm³/mol. The topological polar surface area (TPSA) is 37.8 Å². The van der Waals surface area contributed by atoms with E-state index in [1.165, 1.54) is 19.2 Å². The number of rotatable bonds is 5. The number of nitrogens with zero attached hydrogens (tertiary/aromatic N) is 2. The fourth-order valence-corrected chi connectivity index (χ4v) is 2.94. The molecule has 1 fully saturated rings. The summed E-state index contributed by atoms with van der Waals surface area (Å²) in [5, 5.41) is 3.99. The minimum absolute atomic E-state index is 0.329. The molecule has 1 heterocycles. The lowest BCUT2D eigenvalue weighted by molar-refractivity contribution is 0.838. The molecule has 2 rings (SSSR count). The van der Waals surface area contributed by atoms with Gasteiger partial charge in [0.25, 0.3) is 0 Å². The van der Waals surface area contributed by atoms with Crippen molar-refractivity contribution in [2.75, 3.05) is 18.1 Å². The Bertz CT molecular complexity index is 405. The SMILES string of the molecule is CSC1(CNc2ncnc(Cl)c2C(C)C)CC1. The molecule has 0 aliphatic heterocycles. The lowest BCUT2D eigenvalue weighted by atomic mass is 10.1. The van der Waals surface area contributed by atoms with Crippen LogP contribution in [0.1, 0.15) is 38.2 Å². The van der Waals surface area contributed by atoms with E-state index >= 15 is 0 Å². The van der Waals surface area contributed by atoms with E-state index in [2.05, 4.69) is 35.4 Å². The minimum Gasteiger partial charge on any atom is -0.368 e. The van der Waals surface area contributed by atoms with Gasteiger partial charge in [0.05, 0.1) is 0 Å². The van der Waals surface area contributed by atoms with Crippen molar-refractivity contribution in [2.24, 2.45) is 0 Å². The van der Waals surface area contributed by atoms with E-state index in [0.717, 1.165) is 17.9 Å². The molecule has 1 aromatic heterocycles. The summed E-state index contributed by atoms with van der Waals surface area (Å²) in [6.07, 6.45) is 6.27. The van der Waals surface area contributed by atoms with Crippen molar-refractivity contribution in [2.45, 2.75) is 37.4 Å². The number of thioether (sulfide) groups is 1. The molecule has 1 N–H and O–H groups in total. The molecule has 0 amide bonds. The molecule has 1 aromatic rings. The molecule has 0 aromatic carbocycles. The maximum atomic E-state index is 6.13. The molecule has 17 heavy (non-hydrogen) atoms. The second-order valence-corrected chi connectivity index (χ2v) is 6.45. The van der Waals surface area contributed by atoms with Gasteiger partial charge >= 0.3 is 0 Å². The fourth-order valence-electron chi connectivity index (χ4n) is 1.86. The van der Waals surface area contributed by atoms with Crippen molar-refractivity contribution in [1.29, 1.82) is 0 Å². The molecule has 0 radical (unpaired) electrons. The molecule has 0 spiro atoms. The molecule has 1 aliphatic carbocycles. The largest absolute Gasteiger partial charge is 0.368 e. The molecule has 0 unspecified atom stereocenters. The van der Waals surface area contributed by atoms with E-state index in [4.69, 9.17) is 11.6 Å². The third-order valence-corrected chi connectivity index (χ3v) is 4.95. The number of anilines is 1. The fraction of sp³-hybridized carbons (Fsp3) is 0.667. The van der Waals surface area contributed by atoms with Crippen LogP contribution in [0.4, 0.5) is 5.82 Å². The van der Waals surface area contributed by atoms with Gasteiger partial charge in [-0.2, -0.15) is 11.8 Å². The molecule has 0 saturated heterocycles. The lowest BCUT2D eigenvalue weighted by Crippen LogP contribution is -2.19. The monoisotopic (exact) mass is 271 g/mol. The van der Waals surface area contributed by atoms with Gasteiger partial charge in [0.15, 0.2) is 0 Å². The first-order valence-corrected chi connectivity index (χ1v) is 7.48. The quantitative estimate of drug-likeness (QED) is 0.831. The highest BCUT2D eigenvalue weighted by Gasteiger charge is 2.41. The summed E-state index contributed by atoms with van der Waals surface area (Å²) in [5.74, 6) is 1.22. The maximum Gasteiger partial charge on any atom is 0.138 e. The smallest absolute Gasteiger partial charge is 0.138 e. The Hall–Kier alpha value is -0.480. The van der Waals surface area contributed by atoms with Crippen molar-refractivity contribution >= 4 is 29.2 Å². The molecule has 0 atom stereocenters. The minimum atomic E-state index is 0.329. The van der Waals surface area contributed by atoms with Gasteiger partial charge in [-0.1, -0.05) is 25.4 Å². The van der Waals surface area contributed by atoms with Crippen molar-refractivity contribution in [1.82, 2.24) is 9.97 Å². The third kappa shape index (κ3) is 2.86. The van der Waals surface area contributed by atoms with Crippen molar-refractivity contribution in [3.8, 4) is 0 Å². The average Bonchev–Trinajstić information content (AvgIpc) is 3.06. The molecular formula is C12H18ClN3S. The normalized spacial score (nSPS) is 17.2. The van der Waals surface area contributed by atoms with Gasteiger partial charge in [-0.15, -0.1) is 0 Å². The molecule has 3 nitrogen and oxygen atoms in total. The van der Waals surface area contributed by atoms with E-state index in [1.807, 2.05) is 11.8 Å². The number of hydrogen-bond donors (Lipinski definition) is 1. The van der Waals surface area contributed by atoms with E-state index in [-0.39, 0.29) is 0 Å².